The first-order valence-electron chi connectivity index (χ1n) is 12.1. The van der Waals surface area contributed by atoms with Gasteiger partial charge >= 0.3 is 12.1 Å². The van der Waals surface area contributed by atoms with E-state index in [2.05, 4.69) is 34.9 Å². The summed E-state index contributed by atoms with van der Waals surface area (Å²) in [6.07, 6.45) is 0.796. The summed E-state index contributed by atoms with van der Waals surface area (Å²) in [6, 6.07) is 16.3. The molecule has 0 bridgehead atoms. The van der Waals surface area contributed by atoms with E-state index in [0.29, 0.717) is 13.0 Å². The Morgan fingerprint density at radius 1 is 1.03 bits per heavy atom. The van der Waals surface area contributed by atoms with E-state index in [1.807, 2.05) is 24.3 Å². The zero-order chi connectivity index (χ0) is 24.6. The van der Waals surface area contributed by atoms with Gasteiger partial charge in [-0.25, -0.2) is 9.59 Å². The smallest absolute Gasteiger partial charge is 0.407 e. The fourth-order valence-electron chi connectivity index (χ4n) is 5.31. The number of carboxylic acids is 1. The average molecular weight is 479 g/mol. The van der Waals surface area contributed by atoms with Crippen LogP contribution in [0.2, 0.25) is 0 Å². The summed E-state index contributed by atoms with van der Waals surface area (Å²) in [7, 11) is 0. The van der Waals surface area contributed by atoms with Crippen molar-refractivity contribution in [1.29, 1.82) is 0 Å². The van der Waals surface area contributed by atoms with Gasteiger partial charge in [0.2, 0.25) is 5.91 Å². The number of rotatable bonds is 8. The largest absolute Gasteiger partial charge is 0.480 e. The van der Waals surface area contributed by atoms with E-state index < -0.39 is 29.6 Å². The van der Waals surface area contributed by atoms with Crippen molar-refractivity contribution in [3.05, 3.63) is 59.7 Å². The molecule has 8 nitrogen and oxygen atoms in total. The van der Waals surface area contributed by atoms with Crippen molar-refractivity contribution in [2.45, 2.75) is 43.7 Å². The number of ether oxygens (including phenoxy) is 2. The summed E-state index contributed by atoms with van der Waals surface area (Å²) >= 11 is 0. The Balaban J connectivity index is 1.16. The van der Waals surface area contributed by atoms with Crippen LogP contribution in [-0.2, 0) is 19.1 Å². The number of hydrogen-bond acceptors (Lipinski definition) is 5. The van der Waals surface area contributed by atoms with Gasteiger partial charge in [0.1, 0.15) is 18.2 Å². The van der Waals surface area contributed by atoms with E-state index in [0.717, 1.165) is 35.1 Å². The first-order chi connectivity index (χ1) is 16.9. The lowest BCUT2D eigenvalue weighted by molar-refractivity contribution is -0.150. The summed E-state index contributed by atoms with van der Waals surface area (Å²) in [5.41, 5.74) is 3.30. The number of hydrogen-bond donors (Lipinski definition) is 3. The molecule has 2 fully saturated rings. The maximum Gasteiger partial charge on any atom is 0.407 e. The van der Waals surface area contributed by atoms with E-state index in [-0.39, 0.29) is 30.9 Å². The SMILES string of the molecule is CC(NC(=O)[C@H]1OCC[C@H]1CNC(=O)OCC1c2ccccc2-c2ccccc21)(C(=O)O)C1CC1. The molecule has 1 saturated carbocycles. The Morgan fingerprint density at radius 3 is 2.26 bits per heavy atom. The first kappa shape index (κ1) is 23.4. The normalized spacial score (nSPS) is 22.5. The molecule has 1 aliphatic heterocycles. The van der Waals surface area contributed by atoms with Gasteiger partial charge in [-0.2, -0.15) is 0 Å². The molecule has 2 aliphatic carbocycles. The van der Waals surface area contributed by atoms with Gasteiger partial charge in [0.05, 0.1) is 0 Å². The highest BCUT2D eigenvalue weighted by Crippen LogP contribution is 2.44. The Kier molecular flexibility index (Phi) is 6.23. The molecule has 35 heavy (non-hydrogen) atoms. The van der Waals surface area contributed by atoms with Crippen LogP contribution >= 0.6 is 0 Å². The summed E-state index contributed by atoms with van der Waals surface area (Å²) in [5, 5.41) is 15.1. The molecule has 5 rings (SSSR count). The second kappa shape index (κ2) is 9.34. The van der Waals surface area contributed by atoms with E-state index in [9.17, 15) is 19.5 Å². The fraction of sp³-hybridized carbons (Fsp3) is 0.444. The highest BCUT2D eigenvalue weighted by molar-refractivity contribution is 5.89. The van der Waals surface area contributed by atoms with Crippen LogP contribution in [0.5, 0.6) is 0 Å². The van der Waals surface area contributed by atoms with Gasteiger partial charge in [0.25, 0.3) is 0 Å². The molecule has 3 aliphatic rings. The second-order valence-electron chi connectivity index (χ2n) is 9.82. The highest BCUT2D eigenvalue weighted by Gasteiger charge is 2.50. The fourth-order valence-corrected chi connectivity index (χ4v) is 5.31. The molecule has 3 N–H and O–H groups in total. The molecule has 1 heterocycles. The molecule has 0 radical (unpaired) electrons. The molecule has 1 unspecified atom stereocenters. The van der Waals surface area contributed by atoms with Crippen molar-refractivity contribution >= 4 is 18.0 Å². The average Bonchev–Trinajstić information content (AvgIpc) is 3.53. The number of aliphatic carboxylic acids is 1. The van der Waals surface area contributed by atoms with Crippen LogP contribution in [0.4, 0.5) is 4.79 Å². The van der Waals surface area contributed by atoms with Gasteiger partial charge in [0, 0.05) is 25.0 Å². The van der Waals surface area contributed by atoms with Gasteiger partial charge in [-0.1, -0.05) is 48.5 Å². The highest BCUT2D eigenvalue weighted by atomic mass is 16.5. The Bertz CT molecular complexity index is 1100. The number of carboxylic acid groups (broad SMARTS) is 1. The number of carbonyl (C=O) groups is 3. The molecule has 8 heteroatoms. The van der Waals surface area contributed by atoms with Crippen LogP contribution in [0, 0.1) is 11.8 Å². The van der Waals surface area contributed by atoms with Crippen LogP contribution in [-0.4, -0.2) is 54.5 Å². The Hall–Kier alpha value is -3.39. The molecule has 0 spiro atoms. The van der Waals surface area contributed by atoms with Crippen molar-refractivity contribution in [2.24, 2.45) is 11.8 Å². The predicted molar refractivity (Wildman–Crippen MR) is 128 cm³/mol. The van der Waals surface area contributed by atoms with Crippen LogP contribution in [0.15, 0.2) is 48.5 Å². The lowest BCUT2D eigenvalue weighted by Crippen LogP contribution is -2.57. The topological polar surface area (TPSA) is 114 Å². The van der Waals surface area contributed by atoms with Crippen LogP contribution < -0.4 is 10.6 Å². The zero-order valence-electron chi connectivity index (χ0n) is 19.7. The minimum Gasteiger partial charge on any atom is -0.480 e. The number of nitrogens with one attached hydrogen (secondary N) is 2. The van der Waals surface area contributed by atoms with Gasteiger partial charge in [-0.15, -0.1) is 0 Å². The lowest BCUT2D eigenvalue weighted by Gasteiger charge is -2.29. The summed E-state index contributed by atoms with van der Waals surface area (Å²) in [4.78, 5) is 37.1. The van der Waals surface area contributed by atoms with Crippen LogP contribution in [0.3, 0.4) is 0 Å². The molecule has 184 valence electrons. The number of fused-ring (bicyclic) bond motifs is 3. The van der Waals surface area contributed by atoms with Crippen molar-refractivity contribution in [3.63, 3.8) is 0 Å². The van der Waals surface area contributed by atoms with Crippen LogP contribution in [0.25, 0.3) is 11.1 Å². The summed E-state index contributed by atoms with van der Waals surface area (Å²) < 4.78 is 11.2. The molecule has 3 atom stereocenters. The molecule has 0 aromatic heterocycles. The molecular formula is C27H30N2O6. The summed E-state index contributed by atoms with van der Waals surface area (Å²) in [5.74, 6) is -1.84. The number of alkyl carbamates (subject to hydrolysis) is 1. The molecule has 2 amide bonds. The van der Waals surface area contributed by atoms with Crippen molar-refractivity contribution < 1.29 is 29.0 Å². The van der Waals surface area contributed by atoms with Crippen LogP contribution in [0.1, 0.15) is 43.2 Å². The monoisotopic (exact) mass is 478 g/mol. The van der Waals surface area contributed by atoms with E-state index in [4.69, 9.17) is 9.47 Å². The molecule has 1 saturated heterocycles. The van der Waals surface area contributed by atoms with Gasteiger partial charge in [-0.05, 0) is 54.4 Å². The lowest BCUT2D eigenvalue weighted by atomic mass is 9.94. The third-order valence-corrected chi connectivity index (χ3v) is 7.55. The third-order valence-electron chi connectivity index (χ3n) is 7.55. The Morgan fingerprint density at radius 2 is 1.66 bits per heavy atom. The third kappa shape index (κ3) is 4.50. The maximum atomic E-state index is 12.8. The van der Waals surface area contributed by atoms with E-state index >= 15 is 0 Å². The zero-order valence-corrected chi connectivity index (χ0v) is 19.7. The van der Waals surface area contributed by atoms with Crippen molar-refractivity contribution in [1.82, 2.24) is 10.6 Å². The maximum absolute atomic E-state index is 12.8. The van der Waals surface area contributed by atoms with Gasteiger partial charge in [-0.3, -0.25) is 4.79 Å². The minimum absolute atomic E-state index is 0.0300. The number of benzene rings is 2. The van der Waals surface area contributed by atoms with Gasteiger partial charge in [0.15, 0.2) is 0 Å². The molecule has 2 aromatic rings. The van der Waals surface area contributed by atoms with Crippen molar-refractivity contribution in [2.75, 3.05) is 19.8 Å². The Labute approximate surface area is 204 Å². The first-order valence-corrected chi connectivity index (χ1v) is 12.1. The standard InChI is InChI=1S/C27H30N2O6/c1-27(25(31)32,17-10-11-17)29-24(30)23-16(12-13-34-23)14-28-26(33)35-15-22-20-8-4-2-6-18(20)19-7-3-5-9-21(19)22/h2-9,16-17,22-23H,10-15H2,1H3,(H,28,33)(H,29,30)(H,31,32)/t16-,23-,27?/m0/s1. The molecule has 2 aromatic carbocycles. The van der Waals surface area contributed by atoms with E-state index in [1.54, 1.807) is 6.92 Å². The number of amides is 2. The van der Waals surface area contributed by atoms with Gasteiger partial charge < -0.3 is 25.2 Å². The predicted octanol–water partition coefficient (Wildman–Crippen LogP) is 3.30. The molecular weight excluding hydrogens is 448 g/mol. The van der Waals surface area contributed by atoms with Crippen molar-refractivity contribution in [3.8, 4) is 11.1 Å². The van der Waals surface area contributed by atoms with E-state index in [1.165, 1.54) is 0 Å². The number of carbonyl (C=O) groups excluding carboxylic acids is 2. The summed E-state index contributed by atoms with van der Waals surface area (Å²) in [6.45, 7) is 2.34. The minimum atomic E-state index is -1.30. The second-order valence-corrected chi connectivity index (χ2v) is 9.82. The quantitative estimate of drug-likeness (QED) is 0.537.